The van der Waals surface area contributed by atoms with Gasteiger partial charge in [-0.1, -0.05) is 50.1 Å². The van der Waals surface area contributed by atoms with E-state index in [1.807, 2.05) is 6.92 Å². The lowest BCUT2D eigenvalue weighted by atomic mass is 10.1. The van der Waals surface area contributed by atoms with Crippen molar-refractivity contribution in [3.8, 4) is 0 Å². The molecule has 1 rings (SSSR count). The van der Waals surface area contributed by atoms with Gasteiger partial charge in [0, 0.05) is 0 Å². The zero-order valence-corrected chi connectivity index (χ0v) is 10.7. The van der Waals surface area contributed by atoms with Crippen molar-refractivity contribution in [3.05, 3.63) is 35.7 Å². The number of Topliss-reactive ketones (excluding diaryl/α,β-unsaturated/α-hetero) is 1. The van der Waals surface area contributed by atoms with Crippen molar-refractivity contribution in [1.82, 2.24) is 0 Å². The standard InChI is InChI=1S/C10H9Br2FO/c1-10(12)4-2-7(9(14)6-11)8(13)3-5-10/h2-5H,6H2,1H3. The van der Waals surface area contributed by atoms with Gasteiger partial charge in [0.15, 0.2) is 5.78 Å². The Balaban J connectivity index is 3.08. The molecule has 0 heterocycles. The van der Waals surface area contributed by atoms with E-state index in [0.717, 1.165) is 0 Å². The topological polar surface area (TPSA) is 17.1 Å². The van der Waals surface area contributed by atoms with Gasteiger partial charge in [-0.15, -0.1) is 0 Å². The van der Waals surface area contributed by atoms with Crippen LogP contribution in [0.3, 0.4) is 0 Å². The molecule has 1 aliphatic carbocycles. The number of halogens is 3. The van der Waals surface area contributed by atoms with Crippen LogP contribution < -0.4 is 0 Å². The minimum atomic E-state index is -0.492. The van der Waals surface area contributed by atoms with Crippen LogP contribution in [0.4, 0.5) is 4.39 Å². The number of carbonyl (C=O) groups excluding carboxylic acids is 1. The van der Waals surface area contributed by atoms with Gasteiger partial charge in [0.2, 0.25) is 0 Å². The maximum absolute atomic E-state index is 13.4. The van der Waals surface area contributed by atoms with Crippen LogP contribution in [-0.2, 0) is 4.79 Å². The summed E-state index contributed by atoms with van der Waals surface area (Å²) in [4.78, 5) is 11.3. The maximum atomic E-state index is 13.4. The van der Waals surface area contributed by atoms with Gasteiger partial charge < -0.3 is 0 Å². The summed E-state index contributed by atoms with van der Waals surface area (Å²) in [6, 6.07) is 0. The summed E-state index contributed by atoms with van der Waals surface area (Å²) in [6.07, 6.45) is 6.22. The average molecular weight is 324 g/mol. The molecule has 0 spiro atoms. The quantitative estimate of drug-likeness (QED) is 0.711. The monoisotopic (exact) mass is 322 g/mol. The summed E-state index contributed by atoms with van der Waals surface area (Å²) >= 11 is 6.39. The normalized spacial score (nSPS) is 26.6. The van der Waals surface area contributed by atoms with E-state index in [1.165, 1.54) is 12.2 Å². The molecule has 0 radical (unpaired) electrons. The minimum absolute atomic E-state index is 0.112. The van der Waals surface area contributed by atoms with Crippen molar-refractivity contribution < 1.29 is 9.18 Å². The van der Waals surface area contributed by atoms with Gasteiger partial charge in [-0.25, -0.2) is 4.39 Å². The first kappa shape index (κ1) is 11.9. The molecule has 0 saturated carbocycles. The Kier molecular flexibility index (Phi) is 3.84. The molecule has 0 N–H and O–H groups in total. The molecule has 0 bridgehead atoms. The molecule has 0 fully saturated rings. The molecule has 0 aliphatic heterocycles. The third kappa shape index (κ3) is 2.89. The summed E-state index contributed by atoms with van der Waals surface area (Å²) in [5.74, 6) is -0.748. The summed E-state index contributed by atoms with van der Waals surface area (Å²) < 4.78 is 13.0. The third-order valence-corrected chi connectivity index (χ3v) is 2.85. The zero-order chi connectivity index (χ0) is 10.8. The van der Waals surface area contributed by atoms with E-state index in [4.69, 9.17) is 0 Å². The van der Waals surface area contributed by atoms with Gasteiger partial charge >= 0.3 is 0 Å². The van der Waals surface area contributed by atoms with Crippen LogP contribution in [0.5, 0.6) is 0 Å². The van der Waals surface area contributed by atoms with Gasteiger partial charge in [-0.3, -0.25) is 4.79 Å². The van der Waals surface area contributed by atoms with Crippen LogP contribution in [0.2, 0.25) is 0 Å². The fourth-order valence-corrected chi connectivity index (χ4v) is 1.57. The Morgan fingerprint density at radius 2 is 2.07 bits per heavy atom. The first-order valence-corrected chi connectivity index (χ1v) is 5.94. The number of alkyl halides is 2. The number of ketones is 1. The van der Waals surface area contributed by atoms with E-state index in [9.17, 15) is 9.18 Å². The Hall–Kier alpha value is -0.220. The zero-order valence-electron chi connectivity index (χ0n) is 7.56. The molecule has 0 saturated heterocycles. The van der Waals surface area contributed by atoms with E-state index < -0.39 is 10.2 Å². The van der Waals surface area contributed by atoms with E-state index in [-0.39, 0.29) is 16.7 Å². The van der Waals surface area contributed by atoms with E-state index in [1.54, 1.807) is 12.2 Å². The minimum Gasteiger partial charge on any atom is -0.293 e. The number of allylic oxidation sites excluding steroid dienone is 6. The third-order valence-electron chi connectivity index (χ3n) is 1.81. The van der Waals surface area contributed by atoms with Crippen molar-refractivity contribution in [1.29, 1.82) is 0 Å². The van der Waals surface area contributed by atoms with Crippen molar-refractivity contribution in [2.24, 2.45) is 0 Å². The molecule has 0 aromatic rings. The fourth-order valence-electron chi connectivity index (χ4n) is 1.01. The molecule has 1 unspecified atom stereocenters. The van der Waals surface area contributed by atoms with Crippen molar-refractivity contribution >= 4 is 37.6 Å². The second-order valence-corrected chi connectivity index (χ2v) is 5.41. The van der Waals surface area contributed by atoms with Crippen LogP contribution in [0.15, 0.2) is 35.7 Å². The Morgan fingerprint density at radius 3 is 2.64 bits per heavy atom. The number of carbonyl (C=O) groups is 1. The molecule has 14 heavy (non-hydrogen) atoms. The molecule has 1 aliphatic rings. The van der Waals surface area contributed by atoms with Gasteiger partial charge in [0.25, 0.3) is 0 Å². The van der Waals surface area contributed by atoms with E-state index in [2.05, 4.69) is 31.9 Å². The fraction of sp³-hybridized carbons (Fsp3) is 0.300. The lowest BCUT2D eigenvalue weighted by molar-refractivity contribution is -0.112. The van der Waals surface area contributed by atoms with Crippen molar-refractivity contribution in [2.75, 3.05) is 5.33 Å². The molecule has 76 valence electrons. The molecular weight excluding hydrogens is 315 g/mol. The van der Waals surface area contributed by atoms with Crippen LogP contribution in [0.1, 0.15) is 6.92 Å². The van der Waals surface area contributed by atoms with Gasteiger partial charge in [0.05, 0.1) is 15.2 Å². The SMILES string of the molecule is CC1(Br)C=CC(F)=C(C(=O)CBr)C=C1. The first-order chi connectivity index (χ1) is 6.46. The Labute approximate surface area is 99.0 Å². The maximum Gasteiger partial charge on any atom is 0.176 e. The summed E-state index contributed by atoms with van der Waals surface area (Å²) in [6.45, 7) is 1.87. The van der Waals surface area contributed by atoms with Crippen LogP contribution in [0.25, 0.3) is 0 Å². The molecule has 0 amide bonds. The molecule has 4 heteroatoms. The smallest absolute Gasteiger partial charge is 0.176 e. The van der Waals surface area contributed by atoms with Crippen LogP contribution >= 0.6 is 31.9 Å². The van der Waals surface area contributed by atoms with Gasteiger partial charge in [-0.2, -0.15) is 0 Å². The second-order valence-electron chi connectivity index (χ2n) is 3.14. The molecule has 0 aromatic heterocycles. The predicted octanol–water partition coefficient (Wildman–Crippen LogP) is 3.45. The predicted molar refractivity (Wildman–Crippen MR) is 62.5 cm³/mol. The highest BCUT2D eigenvalue weighted by atomic mass is 79.9. The second kappa shape index (κ2) is 4.53. The Morgan fingerprint density at radius 1 is 1.50 bits per heavy atom. The van der Waals surface area contributed by atoms with Gasteiger partial charge in [0.1, 0.15) is 5.83 Å². The molecule has 1 nitrogen and oxygen atoms in total. The highest BCUT2D eigenvalue weighted by molar-refractivity contribution is 9.10. The van der Waals surface area contributed by atoms with E-state index in [0.29, 0.717) is 0 Å². The number of hydrogen-bond donors (Lipinski definition) is 0. The first-order valence-electron chi connectivity index (χ1n) is 4.02. The summed E-state index contributed by atoms with van der Waals surface area (Å²) in [7, 11) is 0. The largest absolute Gasteiger partial charge is 0.293 e. The van der Waals surface area contributed by atoms with Crippen molar-refractivity contribution in [3.63, 3.8) is 0 Å². The highest BCUT2D eigenvalue weighted by Gasteiger charge is 2.18. The highest BCUT2D eigenvalue weighted by Crippen LogP contribution is 2.27. The summed E-state index contributed by atoms with van der Waals surface area (Å²) in [5, 5.41) is 0.132. The Bertz CT molecular complexity index is 340. The molecule has 0 aromatic carbocycles. The lowest BCUT2D eigenvalue weighted by Gasteiger charge is -2.09. The van der Waals surface area contributed by atoms with Crippen molar-refractivity contribution in [2.45, 2.75) is 11.2 Å². The molecular formula is C10H9Br2FO. The van der Waals surface area contributed by atoms with Crippen LogP contribution in [0, 0.1) is 0 Å². The van der Waals surface area contributed by atoms with Crippen LogP contribution in [-0.4, -0.2) is 15.4 Å². The number of rotatable bonds is 2. The number of hydrogen-bond acceptors (Lipinski definition) is 1. The van der Waals surface area contributed by atoms with Gasteiger partial charge in [-0.05, 0) is 13.0 Å². The lowest BCUT2D eigenvalue weighted by Crippen LogP contribution is -2.06. The summed E-state index contributed by atoms with van der Waals surface area (Å²) in [5.41, 5.74) is 0.112. The average Bonchev–Trinajstić information content (AvgIpc) is 2.26. The van der Waals surface area contributed by atoms with E-state index >= 15 is 0 Å². The molecule has 1 atom stereocenters.